The van der Waals surface area contributed by atoms with Crippen LogP contribution in [-0.2, 0) is 19.1 Å². The van der Waals surface area contributed by atoms with Crippen LogP contribution in [0.4, 0.5) is 5.69 Å². The highest BCUT2D eigenvalue weighted by atomic mass is 16.6. The minimum absolute atomic E-state index is 0.0343. The van der Waals surface area contributed by atoms with Gasteiger partial charge in [0.25, 0.3) is 0 Å². The number of piperidine rings is 1. The standard InChI is InChI=1S/C27H34N6O4/c1-26(2,3)37-25(35)21-8-10-27(11-12-28,16-36-21)33-20-9-13-29-24(34)22(20)23(32-33)31-18-14-17-6-4-5-7-19(17)30-15-18/h4-7,14-15,20-23,31-32H,8-11,13,16H2,1-3H3,(H,29,34)/t20?,21-,22?,23?,27-/m0/s1. The first kappa shape index (κ1) is 25.4. The Kier molecular flexibility index (Phi) is 6.79. The van der Waals surface area contributed by atoms with Gasteiger partial charge in [0, 0.05) is 18.0 Å². The summed E-state index contributed by atoms with van der Waals surface area (Å²) in [5.74, 6) is -0.793. The largest absolute Gasteiger partial charge is 0.458 e. The van der Waals surface area contributed by atoms with E-state index in [2.05, 4.69) is 32.1 Å². The average Bonchev–Trinajstić information content (AvgIpc) is 3.23. The summed E-state index contributed by atoms with van der Waals surface area (Å²) in [5.41, 5.74) is 3.95. The second kappa shape index (κ2) is 9.89. The number of benzene rings is 1. The lowest BCUT2D eigenvalue weighted by Gasteiger charge is -2.47. The van der Waals surface area contributed by atoms with Crippen molar-refractivity contribution in [3.8, 4) is 6.07 Å². The fourth-order valence-electron chi connectivity index (χ4n) is 5.67. The van der Waals surface area contributed by atoms with E-state index in [9.17, 15) is 14.9 Å². The van der Waals surface area contributed by atoms with Crippen LogP contribution < -0.4 is 16.1 Å². The molecule has 5 atom stereocenters. The zero-order valence-corrected chi connectivity index (χ0v) is 21.5. The normalized spacial score (nSPS) is 30.3. The number of para-hydroxylation sites is 1. The zero-order chi connectivity index (χ0) is 26.2. The van der Waals surface area contributed by atoms with Crippen molar-refractivity contribution in [3.63, 3.8) is 0 Å². The van der Waals surface area contributed by atoms with Gasteiger partial charge in [0.2, 0.25) is 5.91 Å². The molecule has 2 aromatic rings. The SMILES string of the molecule is CC(C)(C)OC(=O)[C@@H]1CC[C@@](CC#N)(N2NC(Nc3cnc4ccccc4c3)C3C(=O)NCCC32)CO1. The van der Waals surface area contributed by atoms with Gasteiger partial charge >= 0.3 is 5.97 Å². The number of hydrazine groups is 1. The van der Waals surface area contributed by atoms with E-state index >= 15 is 0 Å². The lowest BCUT2D eigenvalue weighted by molar-refractivity contribution is -0.180. The van der Waals surface area contributed by atoms with Crippen LogP contribution in [0.15, 0.2) is 36.5 Å². The van der Waals surface area contributed by atoms with Crippen molar-refractivity contribution in [1.82, 2.24) is 20.7 Å². The summed E-state index contributed by atoms with van der Waals surface area (Å²) in [5, 5.41) is 19.3. The number of carbonyl (C=O) groups excluding carboxylic acids is 2. The van der Waals surface area contributed by atoms with Crippen molar-refractivity contribution >= 4 is 28.5 Å². The second-order valence-electron chi connectivity index (χ2n) is 11.1. The Hall–Kier alpha value is -3.26. The number of nitrogens with zero attached hydrogens (tertiary/aromatic N) is 3. The molecule has 3 unspecified atom stereocenters. The summed E-state index contributed by atoms with van der Waals surface area (Å²) in [7, 11) is 0. The fraction of sp³-hybridized carbons (Fsp3) is 0.556. The number of ether oxygens (including phenoxy) is 2. The number of nitriles is 1. The van der Waals surface area contributed by atoms with E-state index in [1.54, 1.807) is 6.20 Å². The summed E-state index contributed by atoms with van der Waals surface area (Å²) in [6.45, 7) is 6.23. The number of pyridine rings is 1. The number of fused-ring (bicyclic) bond motifs is 2. The molecule has 0 aliphatic carbocycles. The van der Waals surface area contributed by atoms with Crippen LogP contribution in [0.1, 0.15) is 46.5 Å². The van der Waals surface area contributed by atoms with Crippen molar-refractivity contribution in [2.24, 2.45) is 5.92 Å². The Labute approximate surface area is 216 Å². The maximum atomic E-state index is 13.1. The zero-order valence-electron chi connectivity index (χ0n) is 21.5. The monoisotopic (exact) mass is 506 g/mol. The van der Waals surface area contributed by atoms with Gasteiger partial charge in [0.15, 0.2) is 6.10 Å². The number of esters is 1. The molecule has 3 N–H and O–H groups in total. The lowest BCUT2D eigenvalue weighted by Crippen LogP contribution is -2.63. The molecule has 5 rings (SSSR count). The molecule has 0 saturated carbocycles. The van der Waals surface area contributed by atoms with E-state index in [1.165, 1.54) is 0 Å². The van der Waals surface area contributed by atoms with Gasteiger partial charge in [-0.3, -0.25) is 9.78 Å². The smallest absolute Gasteiger partial charge is 0.335 e. The highest BCUT2D eigenvalue weighted by Gasteiger charge is 2.56. The number of anilines is 1. The van der Waals surface area contributed by atoms with Gasteiger partial charge in [-0.1, -0.05) is 18.2 Å². The molecule has 0 bridgehead atoms. The molecule has 10 nitrogen and oxygen atoms in total. The molecule has 3 fully saturated rings. The van der Waals surface area contributed by atoms with Gasteiger partial charge in [-0.05, 0) is 52.2 Å². The van der Waals surface area contributed by atoms with Crippen LogP contribution in [-0.4, -0.2) is 64.5 Å². The first-order valence-electron chi connectivity index (χ1n) is 12.9. The summed E-state index contributed by atoms with van der Waals surface area (Å²) >= 11 is 0. The van der Waals surface area contributed by atoms with E-state index in [1.807, 2.05) is 51.1 Å². The van der Waals surface area contributed by atoms with Crippen molar-refractivity contribution in [2.75, 3.05) is 18.5 Å². The highest BCUT2D eigenvalue weighted by molar-refractivity contribution is 5.83. The molecular formula is C27H34N6O4. The predicted molar refractivity (Wildman–Crippen MR) is 137 cm³/mol. The highest BCUT2D eigenvalue weighted by Crippen LogP contribution is 2.40. The van der Waals surface area contributed by atoms with Crippen molar-refractivity contribution in [1.29, 1.82) is 5.26 Å². The number of hydrogen-bond acceptors (Lipinski definition) is 9. The van der Waals surface area contributed by atoms with Crippen molar-refractivity contribution < 1.29 is 19.1 Å². The molecule has 1 amide bonds. The molecule has 37 heavy (non-hydrogen) atoms. The maximum absolute atomic E-state index is 13.1. The van der Waals surface area contributed by atoms with Crippen LogP contribution in [0, 0.1) is 17.2 Å². The van der Waals surface area contributed by atoms with E-state index in [4.69, 9.17) is 9.47 Å². The van der Waals surface area contributed by atoms with Crippen LogP contribution >= 0.6 is 0 Å². The van der Waals surface area contributed by atoms with Crippen LogP contribution in [0.5, 0.6) is 0 Å². The topological polar surface area (TPSA) is 129 Å². The number of amides is 1. The van der Waals surface area contributed by atoms with E-state index < -0.39 is 23.4 Å². The summed E-state index contributed by atoms with van der Waals surface area (Å²) in [4.78, 5) is 30.2. The first-order valence-corrected chi connectivity index (χ1v) is 12.9. The number of rotatable bonds is 5. The molecule has 10 heteroatoms. The van der Waals surface area contributed by atoms with Crippen LogP contribution in [0.2, 0.25) is 0 Å². The maximum Gasteiger partial charge on any atom is 0.335 e. The molecule has 196 valence electrons. The van der Waals surface area contributed by atoms with Gasteiger partial charge in [0.05, 0.1) is 48.0 Å². The molecule has 0 spiro atoms. The third-order valence-corrected chi connectivity index (χ3v) is 7.35. The van der Waals surface area contributed by atoms with E-state index in [0.29, 0.717) is 19.4 Å². The number of nitrogens with one attached hydrogen (secondary N) is 3. The van der Waals surface area contributed by atoms with Gasteiger partial charge < -0.3 is 20.1 Å². The molecular weight excluding hydrogens is 472 g/mol. The Morgan fingerprint density at radius 3 is 2.89 bits per heavy atom. The number of aromatic nitrogens is 1. The molecule has 0 radical (unpaired) electrons. The quantitative estimate of drug-likeness (QED) is 0.524. The summed E-state index contributed by atoms with van der Waals surface area (Å²) < 4.78 is 11.6. The molecule has 1 aromatic heterocycles. The van der Waals surface area contributed by atoms with Crippen molar-refractivity contribution in [2.45, 2.75) is 75.9 Å². The Balaban J connectivity index is 1.37. The number of hydrogen-bond donors (Lipinski definition) is 3. The third kappa shape index (κ3) is 5.12. The average molecular weight is 507 g/mol. The molecule has 3 aliphatic heterocycles. The number of carbonyl (C=O) groups is 2. The Bertz CT molecular complexity index is 1210. The molecule has 3 aliphatic rings. The van der Waals surface area contributed by atoms with Crippen LogP contribution in [0.25, 0.3) is 10.9 Å². The van der Waals surface area contributed by atoms with Gasteiger partial charge in [-0.25, -0.2) is 15.2 Å². The summed E-state index contributed by atoms with van der Waals surface area (Å²) in [6, 6.07) is 12.1. The van der Waals surface area contributed by atoms with Gasteiger partial charge in [-0.2, -0.15) is 5.26 Å². The Morgan fingerprint density at radius 1 is 1.35 bits per heavy atom. The van der Waals surface area contributed by atoms with E-state index in [0.717, 1.165) is 23.0 Å². The van der Waals surface area contributed by atoms with Crippen LogP contribution in [0.3, 0.4) is 0 Å². The minimum atomic E-state index is -0.675. The molecule has 1 aromatic carbocycles. The third-order valence-electron chi connectivity index (χ3n) is 7.35. The minimum Gasteiger partial charge on any atom is -0.458 e. The predicted octanol–water partition coefficient (Wildman–Crippen LogP) is 2.47. The second-order valence-corrected chi connectivity index (χ2v) is 11.1. The van der Waals surface area contributed by atoms with Gasteiger partial charge in [0.1, 0.15) is 11.8 Å². The molecule has 3 saturated heterocycles. The molecule has 4 heterocycles. The summed E-state index contributed by atoms with van der Waals surface area (Å²) in [6.07, 6.45) is 2.64. The first-order chi connectivity index (χ1) is 17.7. The Morgan fingerprint density at radius 2 is 2.16 bits per heavy atom. The van der Waals surface area contributed by atoms with Gasteiger partial charge in [-0.15, -0.1) is 0 Å². The van der Waals surface area contributed by atoms with E-state index in [-0.39, 0.29) is 36.9 Å². The van der Waals surface area contributed by atoms with Crippen molar-refractivity contribution in [3.05, 3.63) is 36.5 Å². The lowest BCUT2D eigenvalue weighted by atomic mass is 9.83. The fourth-order valence-corrected chi connectivity index (χ4v) is 5.67.